The molecule has 1 aliphatic heterocycles. The van der Waals surface area contributed by atoms with E-state index in [4.69, 9.17) is 5.26 Å². The fraction of sp³-hybridized carbons (Fsp3) is 0.500. The van der Waals surface area contributed by atoms with Crippen LogP contribution in [0.5, 0.6) is 0 Å². The van der Waals surface area contributed by atoms with Crippen molar-refractivity contribution in [3.8, 4) is 6.07 Å². The monoisotopic (exact) mass is 261 g/mol. The van der Waals surface area contributed by atoms with Gasteiger partial charge in [0.2, 0.25) is 0 Å². The minimum atomic E-state index is -3.11. The van der Waals surface area contributed by atoms with Crippen molar-refractivity contribution in [2.75, 3.05) is 5.75 Å². The van der Waals surface area contributed by atoms with Crippen LogP contribution in [0.25, 0.3) is 0 Å². The summed E-state index contributed by atoms with van der Waals surface area (Å²) in [5, 5.41) is 8.94. The number of benzene rings is 1. The van der Waals surface area contributed by atoms with E-state index in [1.54, 1.807) is 6.07 Å². The van der Waals surface area contributed by atoms with Crippen molar-refractivity contribution >= 4 is 9.84 Å². The van der Waals surface area contributed by atoms with Gasteiger partial charge in [-0.05, 0) is 37.8 Å². The van der Waals surface area contributed by atoms with Crippen molar-refractivity contribution in [1.29, 1.82) is 5.26 Å². The maximum Gasteiger partial charge on any atom is 0.178 e. The summed E-state index contributed by atoms with van der Waals surface area (Å²) in [4.78, 5) is 0.496. The highest BCUT2D eigenvalue weighted by Gasteiger charge is 2.50. The number of aryl methyl sites for hydroxylation is 1. The molecule has 2 aliphatic rings. The molecule has 3 rings (SSSR count). The van der Waals surface area contributed by atoms with Gasteiger partial charge in [0.05, 0.1) is 16.7 Å². The third-order valence-corrected chi connectivity index (χ3v) is 6.12. The molecule has 0 atom stereocenters. The summed E-state index contributed by atoms with van der Waals surface area (Å²) in [5.41, 5.74) is 2.00. The van der Waals surface area contributed by atoms with Crippen LogP contribution in [0.4, 0.5) is 0 Å². The van der Waals surface area contributed by atoms with Gasteiger partial charge in [0, 0.05) is 11.3 Å². The summed E-state index contributed by atoms with van der Waals surface area (Å²) >= 11 is 0. The molecule has 0 saturated heterocycles. The standard InChI is InChI=1S/C14H15NO2S/c1-10-2-3-13-12(6-10)14(4-5-18(13,16)17)7-11(8-14)9-15/h2-3,6,11H,4-5,7-8H2,1H3. The van der Waals surface area contributed by atoms with Crippen LogP contribution >= 0.6 is 0 Å². The quantitative estimate of drug-likeness (QED) is 0.720. The Kier molecular flexibility index (Phi) is 2.33. The van der Waals surface area contributed by atoms with Crippen LogP contribution in [0.3, 0.4) is 0 Å². The van der Waals surface area contributed by atoms with Crippen molar-refractivity contribution in [2.45, 2.75) is 36.5 Å². The zero-order valence-electron chi connectivity index (χ0n) is 10.3. The minimum Gasteiger partial charge on any atom is -0.224 e. The molecule has 1 aromatic rings. The molecule has 94 valence electrons. The van der Waals surface area contributed by atoms with Crippen molar-refractivity contribution in [1.82, 2.24) is 0 Å². The molecule has 4 heteroatoms. The Morgan fingerprint density at radius 3 is 2.78 bits per heavy atom. The van der Waals surface area contributed by atoms with E-state index in [0.29, 0.717) is 11.3 Å². The van der Waals surface area contributed by atoms with Gasteiger partial charge in [-0.25, -0.2) is 8.42 Å². The highest BCUT2D eigenvalue weighted by Crippen LogP contribution is 2.54. The second-order valence-corrected chi connectivity index (χ2v) is 7.66. The first-order valence-electron chi connectivity index (χ1n) is 6.20. The van der Waals surface area contributed by atoms with E-state index < -0.39 is 9.84 Å². The summed E-state index contributed by atoms with van der Waals surface area (Å²) in [7, 11) is -3.11. The fourth-order valence-electron chi connectivity index (χ4n) is 3.30. The predicted molar refractivity (Wildman–Crippen MR) is 67.9 cm³/mol. The van der Waals surface area contributed by atoms with Crippen LogP contribution < -0.4 is 0 Å². The third kappa shape index (κ3) is 1.50. The second kappa shape index (κ2) is 3.58. The van der Waals surface area contributed by atoms with Gasteiger partial charge < -0.3 is 0 Å². The average Bonchev–Trinajstić information content (AvgIpc) is 2.26. The molecule has 0 aromatic heterocycles. The van der Waals surface area contributed by atoms with E-state index in [2.05, 4.69) is 6.07 Å². The summed E-state index contributed by atoms with van der Waals surface area (Å²) in [5.74, 6) is 0.320. The van der Waals surface area contributed by atoms with Crippen molar-refractivity contribution in [2.24, 2.45) is 5.92 Å². The van der Waals surface area contributed by atoms with Gasteiger partial charge in [-0.15, -0.1) is 0 Å². The van der Waals surface area contributed by atoms with Crippen LogP contribution in [0.1, 0.15) is 30.4 Å². The fourth-order valence-corrected chi connectivity index (χ4v) is 5.07. The van der Waals surface area contributed by atoms with E-state index in [-0.39, 0.29) is 17.1 Å². The van der Waals surface area contributed by atoms with Crippen molar-refractivity contribution < 1.29 is 8.42 Å². The molecule has 1 aromatic carbocycles. The molecular weight excluding hydrogens is 246 g/mol. The van der Waals surface area contributed by atoms with Crippen LogP contribution in [0, 0.1) is 24.2 Å². The summed E-state index contributed by atoms with van der Waals surface area (Å²) in [6, 6.07) is 7.88. The first-order valence-corrected chi connectivity index (χ1v) is 7.86. The Morgan fingerprint density at radius 2 is 2.11 bits per heavy atom. The first kappa shape index (κ1) is 11.7. The minimum absolute atomic E-state index is 0.0485. The van der Waals surface area contributed by atoms with Gasteiger partial charge in [0.1, 0.15) is 0 Å². The molecule has 0 amide bonds. The summed E-state index contributed by atoms with van der Waals surface area (Å²) in [6.07, 6.45) is 2.30. The van der Waals surface area contributed by atoms with Gasteiger partial charge in [-0.3, -0.25) is 0 Å². The number of hydrogen-bond acceptors (Lipinski definition) is 3. The van der Waals surface area contributed by atoms with Gasteiger partial charge in [0.15, 0.2) is 9.84 Å². The van der Waals surface area contributed by atoms with Gasteiger partial charge in [-0.2, -0.15) is 5.26 Å². The molecule has 0 radical (unpaired) electrons. The van der Waals surface area contributed by atoms with E-state index in [1.165, 1.54) is 0 Å². The first-order chi connectivity index (χ1) is 8.47. The number of nitrogens with zero attached hydrogens (tertiary/aromatic N) is 1. The number of rotatable bonds is 0. The van der Waals surface area contributed by atoms with E-state index in [9.17, 15) is 8.42 Å². The normalized spacial score (nSPS) is 32.3. The van der Waals surface area contributed by atoms with Gasteiger partial charge in [-0.1, -0.05) is 17.7 Å². The lowest BCUT2D eigenvalue weighted by molar-refractivity contribution is 0.172. The summed E-state index contributed by atoms with van der Waals surface area (Å²) in [6.45, 7) is 1.98. The predicted octanol–water partition coefficient (Wildman–Crippen LogP) is 2.34. The van der Waals surface area contributed by atoms with Gasteiger partial charge in [0.25, 0.3) is 0 Å². The molecule has 0 N–H and O–H groups in total. The smallest absolute Gasteiger partial charge is 0.178 e. The van der Waals surface area contributed by atoms with E-state index >= 15 is 0 Å². The molecular formula is C14H15NO2S. The molecule has 1 aliphatic carbocycles. The topological polar surface area (TPSA) is 57.9 Å². The maximum absolute atomic E-state index is 12.1. The molecule has 18 heavy (non-hydrogen) atoms. The molecule has 0 unspecified atom stereocenters. The molecule has 1 spiro atoms. The Balaban J connectivity index is 2.15. The summed E-state index contributed by atoms with van der Waals surface area (Å²) < 4.78 is 24.2. The largest absolute Gasteiger partial charge is 0.224 e. The number of sulfone groups is 1. The lowest BCUT2D eigenvalue weighted by atomic mass is 9.57. The lowest BCUT2D eigenvalue weighted by Crippen LogP contribution is -2.45. The van der Waals surface area contributed by atoms with Crippen LogP contribution in [0.15, 0.2) is 23.1 Å². The lowest BCUT2D eigenvalue weighted by Gasteiger charge is -2.48. The Labute approximate surface area is 107 Å². The van der Waals surface area contributed by atoms with Crippen LogP contribution in [0.2, 0.25) is 0 Å². The second-order valence-electron chi connectivity index (χ2n) is 5.58. The molecule has 1 saturated carbocycles. The number of fused-ring (bicyclic) bond motifs is 2. The van der Waals surface area contributed by atoms with Crippen LogP contribution in [-0.4, -0.2) is 14.2 Å². The Bertz CT molecular complexity index is 649. The zero-order valence-corrected chi connectivity index (χ0v) is 11.1. The molecule has 1 heterocycles. The van der Waals surface area contributed by atoms with E-state index in [1.807, 2.05) is 19.1 Å². The molecule has 0 bridgehead atoms. The van der Waals surface area contributed by atoms with Crippen molar-refractivity contribution in [3.05, 3.63) is 29.3 Å². The van der Waals surface area contributed by atoms with Crippen LogP contribution in [-0.2, 0) is 15.3 Å². The van der Waals surface area contributed by atoms with Gasteiger partial charge >= 0.3 is 0 Å². The molecule has 3 nitrogen and oxygen atoms in total. The maximum atomic E-state index is 12.1. The Hall–Kier alpha value is -1.34. The average molecular weight is 261 g/mol. The van der Waals surface area contributed by atoms with Crippen molar-refractivity contribution in [3.63, 3.8) is 0 Å². The molecule has 1 fully saturated rings. The highest BCUT2D eigenvalue weighted by molar-refractivity contribution is 7.91. The number of nitriles is 1. The highest BCUT2D eigenvalue weighted by atomic mass is 32.2. The number of hydrogen-bond donors (Lipinski definition) is 0. The third-order valence-electron chi connectivity index (χ3n) is 4.35. The zero-order chi connectivity index (χ0) is 13.0. The SMILES string of the molecule is Cc1ccc2c(c1)C1(CCS2(=O)=O)CC(C#N)C1. The Morgan fingerprint density at radius 1 is 1.39 bits per heavy atom. The van der Waals surface area contributed by atoms with E-state index in [0.717, 1.165) is 24.0 Å².